The van der Waals surface area contributed by atoms with E-state index in [1.807, 2.05) is 25.1 Å². The largest absolute Gasteiger partial charge is 0.450 e. The zero-order valence-electron chi connectivity index (χ0n) is 11.7. The SMILES string of the molecule is Cc1cc(C)c(Oc2ccc(Br)cc2CN)c([N+](=O)[O-])c1. The van der Waals surface area contributed by atoms with Crippen molar-refractivity contribution in [1.29, 1.82) is 0 Å². The van der Waals surface area contributed by atoms with E-state index >= 15 is 0 Å². The first-order valence-corrected chi connectivity index (χ1v) is 7.13. The number of rotatable bonds is 4. The van der Waals surface area contributed by atoms with Crippen LogP contribution in [-0.2, 0) is 6.54 Å². The lowest BCUT2D eigenvalue weighted by atomic mass is 10.1. The molecule has 0 saturated heterocycles. The quantitative estimate of drug-likeness (QED) is 0.661. The molecule has 5 nitrogen and oxygen atoms in total. The van der Waals surface area contributed by atoms with Crippen LogP contribution in [0.3, 0.4) is 0 Å². The number of nitrogens with zero attached hydrogens (tertiary/aromatic N) is 1. The zero-order chi connectivity index (χ0) is 15.6. The van der Waals surface area contributed by atoms with Crippen LogP contribution in [0.25, 0.3) is 0 Å². The summed E-state index contributed by atoms with van der Waals surface area (Å²) >= 11 is 3.36. The molecule has 0 saturated carbocycles. The van der Waals surface area contributed by atoms with Crippen LogP contribution in [0, 0.1) is 24.0 Å². The molecule has 0 spiro atoms. The second-order valence-electron chi connectivity index (χ2n) is 4.75. The fraction of sp³-hybridized carbons (Fsp3) is 0.200. The average Bonchev–Trinajstić information content (AvgIpc) is 2.42. The van der Waals surface area contributed by atoms with E-state index in [4.69, 9.17) is 10.5 Å². The summed E-state index contributed by atoms with van der Waals surface area (Å²) in [7, 11) is 0. The van der Waals surface area contributed by atoms with Gasteiger partial charge in [-0.2, -0.15) is 0 Å². The van der Waals surface area contributed by atoms with Gasteiger partial charge in [-0.25, -0.2) is 0 Å². The summed E-state index contributed by atoms with van der Waals surface area (Å²) in [4.78, 5) is 10.8. The molecule has 0 bridgehead atoms. The number of hydrogen-bond acceptors (Lipinski definition) is 4. The first-order valence-electron chi connectivity index (χ1n) is 6.34. The van der Waals surface area contributed by atoms with Gasteiger partial charge >= 0.3 is 5.69 Å². The lowest BCUT2D eigenvalue weighted by Crippen LogP contribution is -2.02. The average molecular weight is 351 g/mol. The maximum Gasteiger partial charge on any atom is 0.312 e. The van der Waals surface area contributed by atoms with Gasteiger partial charge in [0.05, 0.1) is 4.92 Å². The molecule has 0 fully saturated rings. The summed E-state index contributed by atoms with van der Waals surface area (Å²) in [5.74, 6) is 0.776. The van der Waals surface area contributed by atoms with Crippen molar-refractivity contribution in [1.82, 2.24) is 0 Å². The van der Waals surface area contributed by atoms with Crippen molar-refractivity contribution in [3.63, 3.8) is 0 Å². The van der Waals surface area contributed by atoms with Gasteiger partial charge in [0.25, 0.3) is 0 Å². The summed E-state index contributed by atoms with van der Waals surface area (Å²) < 4.78 is 6.67. The third-order valence-corrected chi connectivity index (χ3v) is 3.54. The highest BCUT2D eigenvalue weighted by Crippen LogP contribution is 2.37. The second-order valence-corrected chi connectivity index (χ2v) is 5.66. The van der Waals surface area contributed by atoms with Crippen molar-refractivity contribution in [2.24, 2.45) is 5.73 Å². The van der Waals surface area contributed by atoms with Crippen LogP contribution in [0.1, 0.15) is 16.7 Å². The Labute approximate surface area is 131 Å². The molecule has 2 aromatic rings. The Hall–Kier alpha value is -1.92. The number of nitro benzene ring substituents is 1. The maximum atomic E-state index is 11.2. The molecule has 0 aromatic heterocycles. The van der Waals surface area contributed by atoms with Crippen LogP contribution < -0.4 is 10.5 Å². The van der Waals surface area contributed by atoms with E-state index in [1.54, 1.807) is 13.0 Å². The van der Waals surface area contributed by atoms with Gasteiger partial charge in [0, 0.05) is 22.6 Å². The molecule has 0 unspecified atom stereocenters. The van der Waals surface area contributed by atoms with Crippen LogP contribution in [0.4, 0.5) is 5.69 Å². The molecule has 0 radical (unpaired) electrons. The van der Waals surface area contributed by atoms with Gasteiger partial charge in [-0.15, -0.1) is 0 Å². The Balaban J connectivity index is 2.51. The standard InChI is InChI=1S/C15H15BrN2O3/c1-9-5-10(2)15(13(6-9)18(19)20)21-14-4-3-12(16)7-11(14)8-17/h3-7H,8,17H2,1-2H3. The molecule has 0 atom stereocenters. The number of nitro groups is 1. The molecular weight excluding hydrogens is 336 g/mol. The highest BCUT2D eigenvalue weighted by molar-refractivity contribution is 9.10. The summed E-state index contributed by atoms with van der Waals surface area (Å²) in [5.41, 5.74) is 7.97. The fourth-order valence-corrected chi connectivity index (χ4v) is 2.53. The van der Waals surface area contributed by atoms with Crippen molar-refractivity contribution < 1.29 is 9.66 Å². The van der Waals surface area contributed by atoms with Crippen LogP contribution in [-0.4, -0.2) is 4.92 Å². The first-order chi connectivity index (χ1) is 9.92. The molecule has 2 N–H and O–H groups in total. The minimum atomic E-state index is -0.434. The summed E-state index contributed by atoms with van der Waals surface area (Å²) in [6.45, 7) is 3.89. The van der Waals surface area contributed by atoms with Crippen molar-refractivity contribution in [2.45, 2.75) is 20.4 Å². The molecule has 0 aliphatic rings. The van der Waals surface area contributed by atoms with Gasteiger partial charge in [0.2, 0.25) is 5.75 Å². The Bertz CT molecular complexity index is 702. The Morgan fingerprint density at radius 3 is 2.62 bits per heavy atom. The molecule has 0 aliphatic carbocycles. The minimum Gasteiger partial charge on any atom is -0.450 e. The van der Waals surface area contributed by atoms with E-state index in [0.717, 1.165) is 15.6 Å². The fourth-order valence-electron chi connectivity index (χ4n) is 2.12. The lowest BCUT2D eigenvalue weighted by molar-refractivity contribution is -0.385. The predicted octanol–water partition coefficient (Wildman–Crippen LogP) is 4.23. The van der Waals surface area contributed by atoms with Crippen LogP contribution >= 0.6 is 15.9 Å². The highest BCUT2D eigenvalue weighted by Gasteiger charge is 2.20. The summed E-state index contributed by atoms with van der Waals surface area (Å²) in [6, 6.07) is 8.75. The summed E-state index contributed by atoms with van der Waals surface area (Å²) in [6.07, 6.45) is 0. The van der Waals surface area contributed by atoms with Crippen molar-refractivity contribution >= 4 is 21.6 Å². The van der Waals surface area contributed by atoms with Gasteiger partial charge in [0.15, 0.2) is 0 Å². The molecule has 110 valence electrons. The molecule has 6 heteroatoms. The molecule has 0 aliphatic heterocycles. The van der Waals surface area contributed by atoms with E-state index in [1.165, 1.54) is 6.07 Å². The van der Waals surface area contributed by atoms with Gasteiger partial charge < -0.3 is 10.5 Å². The van der Waals surface area contributed by atoms with Gasteiger partial charge in [-0.3, -0.25) is 10.1 Å². The number of aryl methyl sites for hydroxylation is 2. The number of benzene rings is 2. The Morgan fingerprint density at radius 2 is 2.00 bits per heavy atom. The third-order valence-electron chi connectivity index (χ3n) is 3.05. The van der Waals surface area contributed by atoms with E-state index in [9.17, 15) is 10.1 Å². The molecule has 0 heterocycles. The normalized spacial score (nSPS) is 10.5. The number of ether oxygens (including phenoxy) is 1. The van der Waals surface area contributed by atoms with E-state index in [0.29, 0.717) is 11.3 Å². The van der Waals surface area contributed by atoms with Gasteiger partial charge in [-0.1, -0.05) is 22.0 Å². The topological polar surface area (TPSA) is 78.4 Å². The minimum absolute atomic E-state index is 0.0432. The van der Waals surface area contributed by atoms with Crippen molar-refractivity contribution in [3.8, 4) is 11.5 Å². The van der Waals surface area contributed by atoms with Crippen LogP contribution in [0.2, 0.25) is 0 Å². The second kappa shape index (κ2) is 6.24. The molecule has 0 amide bonds. The molecule has 2 rings (SSSR count). The van der Waals surface area contributed by atoms with Crippen LogP contribution in [0.5, 0.6) is 11.5 Å². The monoisotopic (exact) mass is 350 g/mol. The van der Waals surface area contributed by atoms with Crippen LogP contribution in [0.15, 0.2) is 34.8 Å². The zero-order valence-corrected chi connectivity index (χ0v) is 13.3. The number of halogens is 1. The maximum absolute atomic E-state index is 11.2. The first kappa shape index (κ1) is 15.5. The molecule has 2 aromatic carbocycles. The van der Waals surface area contributed by atoms with Gasteiger partial charge in [-0.05, 0) is 43.2 Å². The van der Waals surface area contributed by atoms with Crippen molar-refractivity contribution in [3.05, 3.63) is 61.6 Å². The third kappa shape index (κ3) is 3.40. The van der Waals surface area contributed by atoms with Gasteiger partial charge in [0.1, 0.15) is 5.75 Å². The highest BCUT2D eigenvalue weighted by atomic mass is 79.9. The smallest absolute Gasteiger partial charge is 0.312 e. The Morgan fingerprint density at radius 1 is 1.29 bits per heavy atom. The number of hydrogen-bond donors (Lipinski definition) is 1. The van der Waals surface area contributed by atoms with E-state index < -0.39 is 4.92 Å². The lowest BCUT2D eigenvalue weighted by Gasteiger charge is -2.13. The Kier molecular flexibility index (Phi) is 4.59. The molecule has 21 heavy (non-hydrogen) atoms. The van der Waals surface area contributed by atoms with E-state index in [2.05, 4.69) is 15.9 Å². The predicted molar refractivity (Wildman–Crippen MR) is 84.7 cm³/mol. The van der Waals surface area contributed by atoms with Crippen molar-refractivity contribution in [2.75, 3.05) is 0 Å². The van der Waals surface area contributed by atoms with E-state index in [-0.39, 0.29) is 18.0 Å². The summed E-state index contributed by atoms with van der Waals surface area (Å²) in [5, 5.41) is 11.2. The molecular formula is C15H15BrN2O3. The number of nitrogens with two attached hydrogens (primary N) is 1.